The molecule has 114 valence electrons. The molecule has 0 saturated carbocycles. The van der Waals surface area contributed by atoms with Crippen LogP contribution in [0.2, 0.25) is 18.9 Å². The van der Waals surface area contributed by atoms with Gasteiger partial charge in [0.1, 0.15) is 6.71 Å². The fraction of sp³-hybridized carbons (Fsp3) is 1.00. The van der Waals surface area contributed by atoms with Crippen molar-refractivity contribution in [3.63, 3.8) is 0 Å². The van der Waals surface area contributed by atoms with Crippen molar-refractivity contribution in [3.05, 3.63) is 0 Å². The molecule has 0 nitrogen and oxygen atoms in total. The van der Waals surface area contributed by atoms with Crippen LogP contribution in [0, 0.1) is 16.2 Å². The van der Waals surface area contributed by atoms with Gasteiger partial charge < -0.3 is 0 Å². The third-order valence-corrected chi connectivity index (χ3v) is 2.46. The highest BCUT2D eigenvalue weighted by Crippen LogP contribution is 2.31. The van der Waals surface area contributed by atoms with Crippen molar-refractivity contribution in [2.24, 2.45) is 16.2 Å². The zero-order chi connectivity index (χ0) is 20.5. The first-order valence-corrected chi connectivity index (χ1v) is 7.37. The Bertz CT molecular complexity index is 347. The van der Waals surface area contributed by atoms with Crippen LogP contribution in [0.15, 0.2) is 0 Å². The lowest BCUT2D eigenvalue weighted by Crippen LogP contribution is -2.21. The lowest BCUT2D eigenvalue weighted by molar-refractivity contribution is 0.380. The van der Waals surface area contributed by atoms with E-state index in [9.17, 15) is 0 Å². The van der Waals surface area contributed by atoms with Gasteiger partial charge in [0.2, 0.25) is 0 Å². The van der Waals surface area contributed by atoms with Crippen LogP contribution in [0.5, 0.6) is 0 Å². The minimum Gasteiger partial charge on any atom is -0.0736 e. The quantitative estimate of drug-likeness (QED) is 0.467. The van der Waals surface area contributed by atoms with Gasteiger partial charge in [0, 0.05) is 8.22 Å². The van der Waals surface area contributed by atoms with E-state index in [1.54, 1.807) is 0 Å². The van der Waals surface area contributed by atoms with Crippen molar-refractivity contribution < 1.29 is 8.22 Å². The molecule has 0 fully saturated rings. The van der Waals surface area contributed by atoms with E-state index >= 15 is 0 Å². The predicted octanol–water partition coefficient (Wildman–Crippen LogP) is 6.79. The number of hydrogen-bond donors (Lipinski definition) is 0. The Morgan fingerprint density at radius 1 is 0.579 bits per heavy atom. The highest BCUT2D eigenvalue weighted by molar-refractivity contribution is 6.58. The van der Waals surface area contributed by atoms with Gasteiger partial charge in [0.25, 0.3) is 0 Å². The Morgan fingerprint density at radius 2 is 0.789 bits per heavy atom. The molecule has 19 heavy (non-hydrogen) atoms. The second-order valence-electron chi connectivity index (χ2n) is 8.75. The zero-order valence-electron chi connectivity index (χ0n) is 20.5. The Labute approximate surface area is 132 Å². The molecule has 0 saturated heterocycles. The molecular formula is C18H39B. The van der Waals surface area contributed by atoms with Gasteiger partial charge in [-0.3, -0.25) is 0 Å². The molecule has 0 amide bonds. The Kier molecular flexibility index (Phi) is 4.06. The molecule has 0 N–H and O–H groups in total. The summed E-state index contributed by atoms with van der Waals surface area (Å²) in [7, 11) is 0. The molecule has 0 radical (unpaired) electrons. The fourth-order valence-corrected chi connectivity index (χ4v) is 1.39. The smallest absolute Gasteiger partial charge is 0.0736 e. The molecule has 0 heterocycles. The van der Waals surface area contributed by atoms with Crippen LogP contribution in [0.4, 0.5) is 0 Å². The first-order chi connectivity index (χ1) is 10.8. The van der Waals surface area contributed by atoms with Crippen LogP contribution in [0.3, 0.4) is 0 Å². The zero-order valence-corrected chi connectivity index (χ0v) is 14.5. The SMILES string of the molecule is [2H][C@H]([C@@H]([2H])B([C@H]([2H])[C@@H]([2H])C(C)(C)C)[C@H]([2H])[C@@H]([2H])C(C)(C)C)C(C)(C)C. The molecule has 6 atom stereocenters. The minimum absolute atomic E-state index is 0.442. The summed E-state index contributed by atoms with van der Waals surface area (Å²) in [6.45, 7) is 16.2. The average molecular weight is 272 g/mol. The van der Waals surface area contributed by atoms with E-state index in [1.165, 1.54) is 0 Å². The molecule has 0 spiro atoms. The Balaban J connectivity index is 5.90. The largest absolute Gasteiger partial charge is 0.139 e. The van der Waals surface area contributed by atoms with Crippen LogP contribution in [-0.2, 0) is 0 Å². The van der Waals surface area contributed by atoms with E-state index in [2.05, 4.69) is 0 Å². The summed E-state index contributed by atoms with van der Waals surface area (Å²) in [5.41, 5.74) is -1.33. The molecule has 0 unspecified atom stereocenters. The van der Waals surface area contributed by atoms with Crippen molar-refractivity contribution in [1.82, 2.24) is 0 Å². The maximum absolute atomic E-state index is 8.65. The summed E-state index contributed by atoms with van der Waals surface area (Å²) in [4.78, 5) is 0. The van der Waals surface area contributed by atoms with Crippen molar-refractivity contribution in [2.45, 2.75) is 100 Å². The van der Waals surface area contributed by atoms with Gasteiger partial charge >= 0.3 is 0 Å². The Hall–Kier alpha value is 0.0649. The second kappa shape index (κ2) is 7.18. The van der Waals surface area contributed by atoms with Crippen molar-refractivity contribution in [2.75, 3.05) is 0 Å². The van der Waals surface area contributed by atoms with E-state index in [0.717, 1.165) is 0 Å². The summed E-state index contributed by atoms with van der Waals surface area (Å²) in [5.74, 6) is 0. The van der Waals surface area contributed by atoms with Crippen LogP contribution in [0.1, 0.15) is 89.7 Å². The normalized spacial score (nSPS) is 28.3. The van der Waals surface area contributed by atoms with Gasteiger partial charge in [0.15, 0.2) is 0 Å². The summed E-state index contributed by atoms with van der Waals surface area (Å²) < 4.78 is 51.4. The minimum atomic E-state index is -0.963. The molecule has 0 aromatic carbocycles. The summed E-state index contributed by atoms with van der Waals surface area (Å²) in [6.07, 6.45) is -5.19. The highest BCUT2D eigenvalue weighted by Gasteiger charge is 2.22. The molecular weight excluding hydrogens is 227 g/mol. The average Bonchev–Trinajstić information content (AvgIpc) is 2.41. The number of hydrogen-bond acceptors (Lipinski definition) is 0. The monoisotopic (exact) mass is 272 g/mol. The lowest BCUT2D eigenvalue weighted by Gasteiger charge is -2.26. The van der Waals surface area contributed by atoms with E-state index < -0.39 is 61.0 Å². The summed E-state index contributed by atoms with van der Waals surface area (Å²) in [6, 6.07) is 0. The van der Waals surface area contributed by atoms with E-state index in [1.807, 2.05) is 62.3 Å². The van der Waals surface area contributed by atoms with Crippen LogP contribution in [-0.4, -0.2) is 6.71 Å². The van der Waals surface area contributed by atoms with E-state index in [0.29, 0.717) is 0 Å². The second-order valence-corrected chi connectivity index (χ2v) is 8.75. The van der Waals surface area contributed by atoms with Gasteiger partial charge in [-0.15, -0.1) is 0 Å². The van der Waals surface area contributed by atoms with Crippen LogP contribution in [0.25, 0.3) is 0 Å². The topological polar surface area (TPSA) is 0 Å². The fourth-order valence-electron chi connectivity index (χ4n) is 1.39. The first kappa shape index (κ1) is 10.7. The molecule has 0 aromatic rings. The molecule has 0 aliphatic heterocycles. The van der Waals surface area contributed by atoms with Crippen molar-refractivity contribution >= 4 is 6.71 Å². The summed E-state index contributed by atoms with van der Waals surface area (Å²) in [5, 5.41) is 0. The molecule has 0 aliphatic rings. The molecule has 0 bridgehead atoms. The summed E-state index contributed by atoms with van der Waals surface area (Å²) >= 11 is 0. The van der Waals surface area contributed by atoms with Gasteiger partial charge in [-0.2, -0.15) is 0 Å². The van der Waals surface area contributed by atoms with Gasteiger partial charge in [-0.05, 0) is 16.2 Å². The van der Waals surface area contributed by atoms with Crippen molar-refractivity contribution in [1.29, 1.82) is 0 Å². The predicted molar refractivity (Wildman–Crippen MR) is 92.4 cm³/mol. The molecule has 0 aromatic heterocycles. The molecule has 1 heteroatoms. The maximum atomic E-state index is 8.65. The number of rotatable bonds is 6. The standard InChI is InChI=1S/C18H39B/c1-16(2,3)10-13-19(14-11-17(4,5)6)15-12-18(7,8)9/h10-15H2,1-9H3/i10D,11D,12D,13D,14D,15D/t10-,11-,12-,13-,14-,15-/m1/s1. The molecule has 0 rings (SSSR count). The third kappa shape index (κ3) is 14.3. The van der Waals surface area contributed by atoms with Gasteiger partial charge in [0.05, 0.1) is 0 Å². The van der Waals surface area contributed by atoms with E-state index in [-0.39, 0.29) is 0 Å². The third-order valence-electron chi connectivity index (χ3n) is 2.46. The van der Waals surface area contributed by atoms with E-state index in [4.69, 9.17) is 8.22 Å². The van der Waals surface area contributed by atoms with Gasteiger partial charge in [-0.25, -0.2) is 0 Å². The lowest BCUT2D eigenvalue weighted by atomic mass is 9.39. The van der Waals surface area contributed by atoms with Crippen LogP contribution < -0.4 is 0 Å². The van der Waals surface area contributed by atoms with Crippen molar-refractivity contribution in [3.8, 4) is 0 Å². The first-order valence-electron chi connectivity index (χ1n) is 10.8. The van der Waals surface area contributed by atoms with Crippen LogP contribution >= 0.6 is 0 Å². The highest BCUT2D eigenvalue weighted by atomic mass is 14.2. The Morgan fingerprint density at radius 3 is 0.947 bits per heavy atom. The maximum Gasteiger partial charge on any atom is 0.139 e. The van der Waals surface area contributed by atoms with Gasteiger partial charge in [-0.1, -0.05) is 100 Å². The molecule has 0 aliphatic carbocycles.